The third-order valence-corrected chi connectivity index (χ3v) is 7.10. The molecule has 9 heteroatoms. The Morgan fingerprint density at radius 2 is 1.76 bits per heavy atom. The minimum atomic E-state index is -2.94. The molecule has 172 valence electrons. The molecule has 2 rings (SSSR count). The molecule has 1 atom stereocenters. The molecular formula is C20H42IN5O2S. The third kappa shape index (κ3) is 9.26. The van der Waals surface area contributed by atoms with Crippen LogP contribution in [0.4, 0.5) is 0 Å². The Labute approximate surface area is 195 Å². The number of halogens is 1. The molecule has 29 heavy (non-hydrogen) atoms. The molecule has 2 aliphatic rings. The number of aliphatic imine (C=N–C) groups is 1. The van der Waals surface area contributed by atoms with Gasteiger partial charge in [0.05, 0.1) is 12.3 Å². The zero-order valence-electron chi connectivity index (χ0n) is 18.7. The average Bonchev–Trinajstić information content (AvgIpc) is 2.66. The van der Waals surface area contributed by atoms with Crippen molar-refractivity contribution in [1.82, 2.24) is 20.4 Å². The largest absolute Gasteiger partial charge is 0.357 e. The second kappa shape index (κ2) is 12.7. The molecule has 0 saturated carbocycles. The van der Waals surface area contributed by atoms with Gasteiger partial charge in [0, 0.05) is 24.4 Å². The van der Waals surface area contributed by atoms with Gasteiger partial charge in [-0.15, -0.1) is 24.0 Å². The zero-order valence-corrected chi connectivity index (χ0v) is 21.9. The molecule has 0 aromatic rings. The minimum absolute atomic E-state index is 0. The number of hydrogen-bond donors (Lipinski definition) is 2. The van der Waals surface area contributed by atoms with Gasteiger partial charge in [-0.05, 0) is 79.2 Å². The third-order valence-electron chi connectivity index (χ3n) is 6.13. The van der Waals surface area contributed by atoms with Gasteiger partial charge in [-0.25, -0.2) is 8.42 Å². The lowest BCUT2D eigenvalue weighted by Crippen LogP contribution is -2.58. The minimum Gasteiger partial charge on any atom is -0.357 e. The van der Waals surface area contributed by atoms with Gasteiger partial charge in [0.25, 0.3) is 0 Å². The zero-order chi connectivity index (χ0) is 20.6. The summed E-state index contributed by atoms with van der Waals surface area (Å²) in [5.41, 5.74) is 0.158. The first kappa shape index (κ1) is 26.9. The molecule has 0 aliphatic carbocycles. The summed E-state index contributed by atoms with van der Waals surface area (Å²) < 4.78 is 22.9. The number of hydrogen-bond acceptors (Lipinski definition) is 5. The second-order valence-corrected chi connectivity index (χ2v) is 11.0. The van der Waals surface area contributed by atoms with Crippen molar-refractivity contribution in [1.29, 1.82) is 0 Å². The lowest BCUT2D eigenvalue weighted by Gasteiger charge is -2.49. The SMILES string of the molecule is CCNC(=NCC1(N2CCCCC2)CCN(C)CC1)NC(C)CCS(C)(=O)=O.I. The van der Waals surface area contributed by atoms with E-state index in [4.69, 9.17) is 4.99 Å². The quantitative estimate of drug-likeness (QED) is 0.277. The summed E-state index contributed by atoms with van der Waals surface area (Å²) in [4.78, 5) is 10.1. The fourth-order valence-electron chi connectivity index (χ4n) is 4.22. The van der Waals surface area contributed by atoms with E-state index in [0.717, 1.165) is 45.0 Å². The molecule has 7 nitrogen and oxygen atoms in total. The van der Waals surface area contributed by atoms with Gasteiger partial charge in [-0.3, -0.25) is 9.89 Å². The summed E-state index contributed by atoms with van der Waals surface area (Å²) in [6.45, 7) is 10.3. The molecule has 0 aromatic carbocycles. The van der Waals surface area contributed by atoms with E-state index in [0.29, 0.717) is 6.42 Å². The van der Waals surface area contributed by atoms with Crippen molar-refractivity contribution >= 4 is 39.8 Å². The van der Waals surface area contributed by atoms with E-state index in [1.54, 1.807) is 0 Å². The number of guanidine groups is 1. The maximum absolute atomic E-state index is 11.4. The first-order valence-electron chi connectivity index (χ1n) is 10.9. The van der Waals surface area contributed by atoms with Crippen LogP contribution in [0.3, 0.4) is 0 Å². The van der Waals surface area contributed by atoms with Crippen molar-refractivity contribution < 1.29 is 8.42 Å². The fourth-order valence-corrected chi connectivity index (χ4v) is 5.00. The molecular weight excluding hydrogens is 501 g/mol. The number of sulfone groups is 1. The lowest BCUT2D eigenvalue weighted by molar-refractivity contribution is 0.0208. The number of rotatable bonds is 8. The molecule has 0 aromatic heterocycles. The monoisotopic (exact) mass is 543 g/mol. The van der Waals surface area contributed by atoms with Gasteiger partial charge in [0.1, 0.15) is 9.84 Å². The molecule has 0 spiro atoms. The van der Waals surface area contributed by atoms with Crippen LogP contribution in [-0.2, 0) is 9.84 Å². The van der Waals surface area contributed by atoms with Gasteiger partial charge in [-0.1, -0.05) is 6.42 Å². The van der Waals surface area contributed by atoms with E-state index in [2.05, 4.69) is 34.4 Å². The Morgan fingerprint density at radius 1 is 1.14 bits per heavy atom. The number of nitrogens with one attached hydrogen (secondary N) is 2. The van der Waals surface area contributed by atoms with Crippen molar-refractivity contribution in [3.8, 4) is 0 Å². The van der Waals surface area contributed by atoms with Gasteiger partial charge in [-0.2, -0.15) is 0 Å². The molecule has 2 aliphatic heterocycles. The number of piperidine rings is 2. The highest BCUT2D eigenvalue weighted by molar-refractivity contribution is 14.0. The summed E-state index contributed by atoms with van der Waals surface area (Å²) in [7, 11) is -0.731. The molecule has 1 unspecified atom stereocenters. The van der Waals surface area contributed by atoms with Crippen LogP contribution in [0, 0.1) is 0 Å². The first-order chi connectivity index (χ1) is 13.2. The van der Waals surface area contributed by atoms with Crippen molar-refractivity contribution in [2.45, 2.75) is 64.0 Å². The molecule has 2 heterocycles. The number of likely N-dealkylation sites (tertiary alicyclic amines) is 2. The summed E-state index contributed by atoms with van der Waals surface area (Å²) in [6.07, 6.45) is 8.14. The summed E-state index contributed by atoms with van der Waals surface area (Å²) in [5.74, 6) is 1.00. The van der Waals surface area contributed by atoms with E-state index in [1.807, 2.05) is 6.92 Å². The first-order valence-corrected chi connectivity index (χ1v) is 13.0. The van der Waals surface area contributed by atoms with E-state index < -0.39 is 9.84 Å². The standard InChI is InChI=1S/C20H41N5O2S.HI/c1-5-21-19(23-18(2)9-16-28(4,26)27)22-17-20(10-14-24(3)15-11-20)25-12-7-6-8-13-25;/h18H,5-17H2,1-4H3,(H2,21,22,23);1H. The molecule has 0 radical (unpaired) electrons. The van der Waals surface area contributed by atoms with Crippen molar-refractivity contribution in [3.63, 3.8) is 0 Å². The lowest BCUT2D eigenvalue weighted by atomic mass is 9.84. The van der Waals surface area contributed by atoms with Crippen molar-refractivity contribution in [2.24, 2.45) is 4.99 Å². The Morgan fingerprint density at radius 3 is 2.31 bits per heavy atom. The van der Waals surface area contributed by atoms with Crippen LogP contribution in [0.5, 0.6) is 0 Å². The van der Waals surface area contributed by atoms with Crippen LogP contribution >= 0.6 is 24.0 Å². The Hall–Kier alpha value is -0.130. The highest BCUT2D eigenvalue weighted by Crippen LogP contribution is 2.31. The summed E-state index contributed by atoms with van der Waals surface area (Å²) in [6, 6.07) is 0.0657. The molecule has 0 bridgehead atoms. The van der Waals surface area contributed by atoms with Crippen LogP contribution in [0.2, 0.25) is 0 Å². The predicted molar refractivity (Wildman–Crippen MR) is 133 cm³/mol. The number of nitrogens with zero attached hydrogens (tertiary/aromatic N) is 3. The second-order valence-electron chi connectivity index (χ2n) is 8.73. The van der Waals surface area contributed by atoms with E-state index >= 15 is 0 Å². The normalized spacial score (nSPS) is 22.6. The van der Waals surface area contributed by atoms with Crippen LogP contribution in [0.25, 0.3) is 0 Å². The van der Waals surface area contributed by atoms with E-state index in [-0.39, 0.29) is 41.3 Å². The highest BCUT2D eigenvalue weighted by Gasteiger charge is 2.39. The molecule has 2 N–H and O–H groups in total. The molecule has 2 fully saturated rings. The topological polar surface area (TPSA) is 77.0 Å². The van der Waals surface area contributed by atoms with Gasteiger partial charge in [0.15, 0.2) is 5.96 Å². The predicted octanol–water partition coefficient (Wildman–Crippen LogP) is 1.93. The van der Waals surface area contributed by atoms with Crippen LogP contribution in [0.1, 0.15) is 52.4 Å². The Kier molecular flexibility index (Phi) is 11.7. The average molecular weight is 544 g/mol. The van der Waals surface area contributed by atoms with Crippen LogP contribution in [0.15, 0.2) is 4.99 Å². The maximum atomic E-state index is 11.4. The van der Waals surface area contributed by atoms with Crippen LogP contribution < -0.4 is 10.6 Å². The fraction of sp³-hybridized carbons (Fsp3) is 0.950. The molecule has 0 amide bonds. The van der Waals surface area contributed by atoms with E-state index in [9.17, 15) is 8.42 Å². The van der Waals surface area contributed by atoms with Crippen molar-refractivity contribution in [3.05, 3.63) is 0 Å². The molecule has 2 saturated heterocycles. The Balaban J connectivity index is 0.00000420. The maximum Gasteiger partial charge on any atom is 0.191 e. The summed E-state index contributed by atoms with van der Waals surface area (Å²) in [5, 5.41) is 6.74. The van der Waals surface area contributed by atoms with Crippen LogP contribution in [-0.4, -0.2) is 94.1 Å². The smallest absolute Gasteiger partial charge is 0.191 e. The summed E-state index contributed by atoms with van der Waals surface area (Å²) >= 11 is 0. The Bertz CT molecular complexity index is 600. The van der Waals surface area contributed by atoms with Gasteiger partial charge >= 0.3 is 0 Å². The van der Waals surface area contributed by atoms with Gasteiger partial charge < -0.3 is 15.5 Å². The highest BCUT2D eigenvalue weighted by atomic mass is 127. The van der Waals surface area contributed by atoms with Crippen molar-refractivity contribution in [2.75, 3.05) is 58.3 Å². The van der Waals surface area contributed by atoms with Gasteiger partial charge in [0.2, 0.25) is 0 Å². The van der Waals surface area contributed by atoms with E-state index in [1.165, 1.54) is 38.6 Å².